The molecule has 0 saturated heterocycles. The van der Waals surface area contributed by atoms with Crippen molar-refractivity contribution in [1.29, 1.82) is 0 Å². The summed E-state index contributed by atoms with van der Waals surface area (Å²) in [7, 11) is 0. The van der Waals surface area contributed by atoms with E-state index >= 15 is 0 Å². The van der Waals surface area contributed by atoms with Gasteiger partial charge in [-0.05, 0) is 59.2 Å². The van der Waals surface area contributed by atoms with E-state index in [2.05, 4.69) is 41.7 Å². The lowest BCUT2D eigenvalue weighted by atomic mass is 9.97. The lowest BCUT2D eigenvalue weighted by molar-refractivity contribution is -0.137. The Morgan fingerprint density at radius 2 is 1.58 bits per heavy atom. The molecule has 0 fully saturated rings. The van der Waals surface area contributed by atoms with Gasteiger partial charge < -0.3 is 10.4 Å². The number of rotatable bonds is 8. The van der Waals surface area contributed by atoms with Crippen LogP contribution in [-0.4, -0.2) is 23.5 Å². The predicted molar refractivity (Wildman–Crippen MR) is 123 cm³/mol. The number of carbonyl (C=O) groups excluding carboxylic acids is 1. The van der Waals surface area contributed by atoms with E-state index < -0.39 is 5.97 Å². The largest absolute Gasteiger partial charge is 0.481 e. The van der Waals surface area contributed by atoms with Crippen molar-refractivity contribution in [3.63, 3.8) is 0 Å². The van der Waals surface area contributed by atoms with E-state index in [1.165, 1.54) is 20.9 Å². The average Bonchev–Trinajstić information content (AvgIpc) is 2.77. The summed E-state index contributed by atoms with van der Waals surface area (Å²) in [5.41, 5.74) is 5.82. The summed E-state index contributed by atoms with van der Waals surface area (Å²) in [6.07, 6.45) is 2.69. The van der Waals surface area contributed by atoms with E-state index in [9.17, 15) is 9.59 Å². The van der Waals surface area contributed by atoms with Crippen molar-refractivity contribution in [2.24, 2.45) is 0 Å². The molecule has 0 radical (unpaired) electrons. The number of benzene rings is 3. The second-order valence-electron chi connectivity index (χ2n) is 7.77. The predicted octanol–water partition coefficient (Wildman–Crippen LogP) is 4.66. The standard InChI is InChI=1S/C26H25NO3S/c28-25(27-15-14-19-10-8-18(9-11-19)12-13-26(29)30)17-20-5-3-7-24-22(20)16-21-4-1-2-6-23(21)31-24/h1-11H,12-17H2,(H,27,28)(H,29,30). The van der Waals surface area contributed by atoms with Gasteiger partial charge in [-0.3, -0.25) is 9.59 Å². The molecule has 3 aromatic carbocycles. The van der Waals surface area contributed by atoms with Crippen molar-refractivity contribution in [2.45, 2.75) is 41.9 Å². The van der Waals surface area contributed by atoms with Gasteiger partial charge in [0.2, 0.25) is 5.91 Å². The maximum absolute atomic E-state index is 12.6. The molecule has 0 unspecified atom stereocenters. The molecule has 0 aliphatic carbocycles. The zero-order chi connectivity index (χ0) is 21.6. The Bertz CT molecular complexity index is 1090. The van der Waals surface area contributed by atoms with Gasteiger partial charge in [-0.25, -0.2) is 0 Å². The zero-order valence-corrected chi connectivity index (χ0v) is 18.1. The van der Waals surface area contributed by atoms with Gasteiger partial charge in [0, 0.05) is 22.8 Å². The average molecular weight is 432 g/mol. The quantitative estimate of drug-likeness (QED) is 0.426. The molecule has 31 heavy (non-hydrogen) atoms. The molecule has 3 aromatic rings. The fourth-order valence-corrected chi connectivity index (χ4v) is 4.96. The first kappa shape index (κ1) is 21.2. The Hall–Kier alpha value is -3.05. The molecular weight excluding hydrogens is 406 g/mol. The van der Waals surface area contributed by atoms with Crippen molar-refractivity contribution in [2.75, 3.05) is 6.54 Å². The summed E-state index contributed by atoms with van der Waals surface area (Å²) < 4.78 is 0. The van der Waals surface area contributed by atoms with Gasteiger partial charge in [0.15, 0.2) is 0 Å². The lowest BCUT2D eigenvalue weighted by Gasteiger charge is -2.21. The molecule has 2 N–H and O–H groups in total. The summed E-state index contributed by atoms with van der Waals surface area (Å²) in [6.45, 7) is 0.583. The maximum Gasteiger partial charge on any atom is 0.303 e. The minimum atomic E-state index is -0.783. The van der Waals surface area contributed by atoms with Gasteiger partial charge in [-0.1, -0.05) is 66.4 Å². The number of aryl methyl sites for hydroxylation is 1. The van der Waals surface area contributed by atoms with Crippen LogP contribution in [0.2, 0.25) is 0 Å². The fraction of sp³-hybridized carbons (Fsp3) is 0.231. The SMILES string of the molecule is O=C(O)CCc1ccc(CCNC(=O)Cc2cccc3c2Cc2ccccc2S3)cc1. The number of fused-ring (bicyclic) bond motifs is 2. The van der Waals surface area contributed by atoms with Crippen LogP contribution in [0, 0.1) is 0 Å². The first-order valence-electron chi connectivity index (χ1n) is 10.5. The van der Waals surface area contributed by atoms with E-state index in [0.29, 0.717) is 19.4 Å². The molecule has 4 rings (SSSR count). The second-order valence-corrected chi connectivity index (χ2v) is 8.85. The molecule has 0 spiro atoms. The first-order valence-corrected chi connectivity index (χ1v) is 11.3. The third-order valence-corrected chi connectivity index (χ3v) is 6.75. The molecule has 158 valence electrons. The minimum absolute atomic E-state index is 0.0373. The van der Waals surface area contributed by atoms with Crippen LogP contribution in [0.4, 0.5) is 0 Å². The topological polar surface area (TPSA) is 66.4 Å². The first-order chi connectivity index (χ1) is 15.1. The monoisotopic (exact) mass is 431 g/mol. The smallest absolute Gasteiger partial charge is 0.303 e. The lowest BCUT2D eigenvalue weighted by Crippen LogP contribution is -2.27. The highest BCUT2D eigenvalue weighted by atomic mass is 32.2. The highest BCUT2D eigenvalue weighted by molar-refractivity contribution is 7.99. The highest BCUT2D eigenvalue weighted by Gasteiger charge is 2.19. The Morgan fingerprint density at radius 1 is 0.871 bits per heavy atom. The van der Waals surface area contributed by atoms with Crippen molar-refractivity contribution < 1.29 is 14.7 Å². The summed E-state index contributed by atoms with van der Waals surface area (Å²) >= 11 is 1.78. The van der Waals surface area contributed by atoms with Crippen LogP contribution in [-0.2, 0) is 35.3 Å². The molecule has 1 aliphatic heterocycles. The third-order valence-electron chi connectivity index (χ3n) is 5.53. The van der Waals surface area contributed by atoms with Gasteiger partial charge in [0.1, 0.15) is 0 Å². The molecule has 1 heterocycles. The van der Waals surface area contributed by atoms with Crippen molar-refractivity contribution in [1.82, 2.24) is 5.32 Å². The summed E-state index contributed by atoms with van der Waals surface area (Å²) in [6, 6.07) is 22.6. The third kappa shape index (κ3) is 5.56. The number of carbonyl (C=O) groups is 2. The Morgan fingerprint density at radius 3 is 2.35 bits per heavy atom. The summed E-state index contributed by atoms with van der Waals surface area (Å²) in [5.74, 6) is -0.746. The molecular formula is C26H25NO3S. The van der Waals surface area contributed by atoms with E-state index in [4.69, 9.17) is 5.11 Å². The van der Waals surface area contributed by atoms with Crippen LogP contribution < -0.4 is 5.32 Å². The van der Waals surface area contributed by atoms with Crippen molar-refractivity contribution in [3.8, 4) is 0 Å². The van der Waals surface area contributed by atoms with Crippen LogP contribution in [0.15, 0.2) is 76.5 Å². The summed E-state index contributed by atoms with van der Waals surface area (Å²) in [4.78, 5) is 25.8. The Kier molecular flexibility index (Phi) is 6.73. The maximum atomic E-state index is 12.6. The number of nitrogens with one attached hydrogen (secondary N) is 1. The molecule has 1 aliphatic rings. The Labute approximate surface area is 186 Å². The highest BCUT2D eigenvalue weighted by Crippen LogP contribution is 2.40. The molecule has 1 amide bonds. The number of carboxylic acids is 1. The Balaban J connectivity index is 1.30. The van der Waals surface area contributed by atoms with Crippen LogP contribution >= 0.6 is 11.8 Å². The number of aliphatic carboxylic acids is 1. The molecule has 0 saturated carbocycles. The molecule has 0 aromatic heterocycles. The van der Waals surface area contributed by atoms with Gasteiger partial charge in [-0.2, -0.15) is 0 Å². The van der Waals surface area contributed by atoms with Crippen LogP contribution in [0.5, 0.6) is 0 Å². The van der Waals surface area contributed by atoms with E-state index in [-0.39, 0.29) is 12.3 Å². The van der Waals surface area contributed by atoms with E-state index in [1.807, 2.05) is 30.3 Å². The second kappa shape index (κ2) is 9.84. The molecule has 4 nitrogen and oxygen atoms in total. The van der Waals surface area contributed by atoms with E-state index in [1.54, 1.807) is 11.8 Å². The fourth-order valence-electron chi connectivity index (χ4n) is 3.84. The minimum Gasteiger partial charge on any atom is -0.481 e. The number of hydrogen-bond acceptors (Lipinski definition) is 3. The van der Waals surface area contributed by atoms with Crippen LogP contribution in [0.3, 0.4) is 0 Å². The van der Waals surface area contributed by atoms with Crippen LogP contribution in [0.1, 0.15) is 34.2 Å². The number of carboxylic acid groups (broad SMARTS) is 1. The number of hydrogen-bond donors (Lipinski definition) is 2. The van der Waals surface area contributed by atoms with Gasteiger partial charge in [0.25, 0.3) is 0 Å². The van der Waals surface area contributed by atoms with Gasteiger partial charge >= 0.3 is 5.97 Å². The summed E-state index contributed by atoms with van der Waals surface area (Å²) in [5, 5.41) is 11.8. The van der Waals surface area contributed by atoms with Crippen molar-refractivity contribution >= 4 is 23.6 Å². The van der Waals surface area contributed by atoms with E-state index in [0.717, 1.165) is 29.5 Å². The van der Waals surface area contributed by atoms with Crippen LogP contribution in [0.25, 0.3) is 0 Å². The van der Waals surface area contributed by atoms with Gasteiger partial charge in [-0.15, -0.1) is 0 Å². The number of amides is 1. The van der Waals surface area contributed by atoms with Crippen molar-refractivity contribution in [3.05, 3.63) is 94.5 Å². The molecule has 0 atom stereocenters. The molecule has 5 heteroatoms. The normalized spacial score (nSPS) is 12.0. The molecule has 0 bridgehead atoms. The zero-order valence-electron chi connectivity index (χ0n) is 17.3. The van der Waals surface area contributed by atoms with Gasteiger partial charge in [0.05, 0.1) is 6.42 Å².